The molecule has 76 valence electrons. The van der Waals surface area contributed by atoms with E-state index in [4.69, 9.17) is 0 Å². The molecule has 0 unspecified atom stereocenters. The second kappa shape index (κ2) is 3.83. The molecule has 0 aliphatic rings. The Hall–Kier alpha value is -1.67. The van der Waals surface area contributed by atoms with Crippen molar-refractivity contribution in [2.75, 3.05) is 0 Å². The largest absolute Gasteiger partial charge is 0.381 e. The van der Waals surface area contributed by atoms with Crippen LogP contribution in [0.15, 0.2) is 42.5 Å². The molecule has 0 heterocycles. The van der Waals surface area contributed by atoms with E-state index >= 15 is 0 Å². The first kappa shape index (κ1) is 9.87. The third-order valence-electron chi connectivity index (χ3n) is 2.47. The predicted octanol–water partition coefficient (Wildman–Crippen LogP) is 2.46. The number of aliphatic hydroxyl groups is 1. The van der Waals surface area contributed by atoms with Gasteiger partial charge in [0.25, 0.3) is 0 Å². The van der Waals surface area contributed by atoms with Gasteiger partial charge in [-0.2, -0.15) is 0 Å². The minimum Gasteiger partial charge on any atom is -0.381 e. The molecule has 2 heteroatoms. The van der Waals surface area contributed by atoms with E-state index in [2.05, 4.69) is 0 Å². The Labute approximate surface area is 88.2 Å². The smallest absolute Gasteiger partial charge is 0.162 e. The van der Waals surface area contributed by atoms with Crippen molar-refractivity contribution in [3.8, 4) is 0 Å². The highest BCUT2D eigenvalue weighted by molar-refractivity contribution is 5.86. The molecule has 2 aromatic carbocycles. The van der Waals surface area contributed by atoms with Crippen LogP contribution in [0.5, 0.6) is 0 Å². The number of benzene rings is 2. The molecule has 1 N–H and O–H groups in total. The van der Waals surface area contributed by atoms with Crippen LogP contribution in [0.1, 0.15) is 18.6 Å². The standard InChI is InChI=1S/C13H12O2/c1-9(14)13(15)12-7-6-10-4-2-3-5-11(10)8-12/h2-8,13,15H,1H3/t13-/m0/s1. The number of hydrogen-bond donors (Lipinski definition) is 1. The fraction of sp³-hybridized carbons (Fsp3) is 0.154. The number of carbonyl (C=O) groups is 1. The number of Topliss-reactive ketones (excluding diaryl/α,β-unsaturated/α-hetero) is 1. The Morgan fingerprint density at radius 2 is 1.80 bits per heavy atom. The number of aliphatic hydroxyl groups excluding tert-OH is 1. The van der Waals surface area contributed by atoms with Crippen LogP contribution in [-0.4, -0.2) is 10.9 Å². The quantitative estimate of drug-likeness (QED) is 0.808. The first-order valence-electron chi connectivity index (χ1n) is 4.86. The summed E-state index contributed by atoms with van der Waals surface area (Å²) in [7, 11) is 0. The highest BCUT2D eigenvalue weighted by Gasteiger charge is 2.12. The highest BCUT2D eigenvalue weighted by Crippen LogP contribution is 2.20. The molecule has 2 nitrogen and oxygen atoms in total. The molecular weight excluding hydrogens is 188 g/mol. The number of rotatable bonds is 2. The van der Waals surface area contributed by atoms with Crippen molar-refractivity contribution in [3.05, 3.63) is 48.0 Å². The van der Waals surface area contributed by atoms with Gasteiger partial charge in [-0.3, -0.25) is 4.79 Å². The minimum atomic E-state index is -1.00. The molecule has 0 aromatic heterocycles. The molecule has 15 heavy (non-hydrogen) atoms. The second-order valence-electron chi connectivity index (χ2n) is 3.62. The van der Waals surface area contributed by atoms with Crippen LogP contribution >= 0.6 is 0 Å². The summed E-state index contributed by atoms with van der Waals surface area (Å²) in [6.07, 6.45) is -1.00. The molecule has 1 atom stereocenters. The van der Waals surface area contributed by atoms with Gasteiger partial charge in [-0.25, -0.2) is 0 Å². The van der Waals surface area contributed by atoms with Gasteiger partial charge in [0, 0.05) is 0 Å². The van der Waals surface area contributed by atoms with Gasteiger partial charge in [-0.15, -0.1) is 0 Å². The monoisotopic (exact) mass is 200 g/mol. The summed E-state index contributed by atoms with van der Waals surface area (Å²) in [5.41, 5.74) is 0.654. The van der Waals surface area contributed by atoms with Crippen molar-refractivity contribution in [2.24, 2.45) is 0 Å². The second-order valence-corrected chi connectivity index (χ2v) is 3.62. The lowest BCUT2D eigenvalue weighted by atomic mass is 10.0. The van der Waals surface area contributed by atoms with Crippen molar-refractivity contribution in [1.82, 2.24) is 0 Å². The Balaban J connectivity index is 2.51. The Morgan fingerprint density at radius 1 is 1.13 bits per heavy atom. The maximum absolute atomic E-state index is 11.0. The zero-order valence-corrected chi connectivity index (χ0v) is 8.47. The van der Waals surface area contributed by atoms with E-state index in [-0.39, 0.29) is 5.78 Å². The molecule has 0 fully saturated rings. The van der Waals surface area contributed by atoms with Crippen molar-refractivity contribution in [1.29, 1.82) is 0 Å². The average Bonchev–Trinajstić information content (AvgIpc) is 2.27. The lowest BCUT2D eigenvalue weighted by Gasteiger charge is -2.07. The summed E-state index contributed by atoms with van der Waals surface area (Å²) in [6.45, 7) is 1.39. The van der Waals surface area contributed by atoms with E-state index in [9.17, 15) is 9.90 Å². The van der Waals surface area contributed by atoms with Gasteiger partial charge in [0.15, 0.2) is 5.78 Å². The van der Waals surface area contributed by atoms with E-state index in [1.54, 1.807) is 6.07 Å². The van der Waals surface area contributed by atoms with Gasteiger partial charge >= 0.3 is 0 Å². The summed E-state index contributed by atoms with van der Waals surface area (Å²) < 4.78 is 0. The van der Waals surface area contributed by atoms with Crippen LogP contribution in [0.4, 0.5) is 0 Å². The Bertz CT molecular complexity index is 503. The van der Waals surface area contributed by atoms with Gasteiger partial charge in [-0.1, -0.05) is 36.4 Å². The SMILES string of the molecule is CC(=O)[C@H](O)c1ccc2ccccc2c1. The van der Waals surface area contributed by atoms with E-state index in [1.165, 1.54) is 6.92 Å². The van der Waals surface area contributed by atoms with E-state index in [1.807, 2.05) is 36.4 Å². The minimum absolute atomic E-state index is 0.231. The molecule has 0 spiro atoms. The van der Waals surface area contributed by atoms with Crippen molar-refractivity contribution < 1.29 is 9.90 Å². The first-order chi connectivity index (χ1) is 7.18. The number of fused-ring (bicyclic) bond motifs is 1. The van der Waals surface area contributed by atoms with Crippen LogP contribution in [0, 0.1) is 0 Å². The van der Waals surface area contributed by atoms with Gasteiger partial charge in [0.05, 0.1) is 0 Å². The summed E-state index contributed by atoms with van der Waals surface area (Å²) in [4.78, 5) is 11.0. The molecule has 0 aliphatic heterocycles. The van der Waals surface area contributed by atoms with Crippen molar-refractivity contribution in [2.45, 2.75) is 13.0 Å². The maximum atomic E-state index is 11.0. The molecule has 0 aliphatic carbocycles. The molecule has 0 amide bonds. The predicted molar refractivity (Wildman–Crippen MR) is 59.6 cm³/mol. The van der Waals surface area contributed by atoms with Crippen LogP contribution in [-0.2, 0) is 4.79 Å². The molecule has 2 aromatic rings. The molecule has 0 radical (unpaired) electrons. The van der Waals surface area contributed by atoms with Gasteiger partial charge in [0.1, 0.15) is 6.10 Å². The molecule has 2 rings (SSSR count). The van der Waals surface area contributed by atoms with E-state index in [0.717, 1.165) is 10.8 Å². The number of carbonyl (C=O) groups excluding carboxylic acids is 1. The topological polar surface area (TPSA) is 37.3 Å². The van der Waals surface area contributed by atoms with Gasteiger partial charge in [-0.05, 0) is 29.3 Å². The zero-order chi connectivity index (χ0) is 10.8. The third-order valence-corrected chi connectivity index (χ3v) is 2.47. The molecule has 0 saturated heterocycles. The fourth-order valence-electron chi connectivity index (χ4n) is 1.61. The Kier molecular flexibility index (Phi) is 2.52. The van der Waals surface area contributed by atoms with Gasteiger partial charge in [0.2, 0.25) is 0 Å². The van der Waals surface area contributed by atoms with E-state index in [0.29, 0.717) is 5.56 Å². The summed E-state index contributed by atoms with van der Waals surface area (Å²) in [6, 6.07) is 13.4. The maximum Gasteiger partial charge on any atom is 0.162 e. The normalized spacial score (nSPS) is 12.7. The van der Waals surface area contributed by atoms with Crippen LogP contribution in [0.25, 0.3) is 10.8 Å². The van der Waals surface area contributed by atoms with Crippen LogP contribution in [0.2, 0.25) is 0 Å². The molecule has 0 bridgehead atoms. The van der Waals surface area contributed by atoms with Crippen LogP contribution in [0.3, 0.4) is 0 Å². The van der Waals surface area contributed by atoms with Crippen molar-refractivity contribution in [3.63, 3.8) is 0 Å². The summed E-state index contributed by atoms with van der Waals surface area (Å²) >= 11 is 0. The van der Waals surface area contributed by atoms with Crippen molar-refractivity contribution >= 4 is 16.6 Å². The highest BCUT2D eigenvalue weighted by atomic mass is 16.3. The molecule has 0 saturated carbocycles. The third kappa shape index (κ3) is 1.90. The lowest BCUT2D eigenvalue weighted by molar-refractivity contribution is -0.125. The fourth-order valence-corrected chi connectivity index (χ4v) is 1.61. The van der Waals surface area contributed by atoms with Crippen LogP contribution < -0.4 is 0 Å². The van der Waals surface area contributed by atoms with Gasteiger partial charge < -0.3 is 5.11 Å². The first-order valence-corrected chi connectivity index (χ1v) is 4.86. The Morgan fingerprint density at radius 3 is 2.47 bits per heavy atom. The number of ketones is 1. The summed E-state index contributed by atoms with van der Waals surface area (Å²) in [5, 5.41) is 11.8. The average molecular weight is 200 g/mol. The zero-order valence-electron chi connectivity index (χ0n) is 8.47. The van der Waals surface area contributed by atoms with E-state index < -0.39 is 6.10 Å². The number of hydrogen-bond acceptors (Lipinski definition) is 2. The molecular formula is C13H12O2. The summed E-state index contributed by atoms with van der Waals surface area (Å²) in [5.74, 6) is -0.231. The lowest BCUT2D eigenvalue weighted by Crippen LogP contribution is -2.07.